The summed E-state index contributed by atoms with van der Waals surface area (Å²) in [6.07, 6.45) is 4.18. The molecular weight excluding hydrogens is 126 g/mol. The molecular formula is C6H13MgNO. The molecule has 1 heterocycles. The van der Waals surface area contributed by atoms with E-state index in [0.29, 0.717) is 0 Å². The smallest absolute Gasteiger partial charge is 1.00 e. The van der Waals surface area contributed by atoms with Crippen molar-refractivity contribution in [1.82, 2.24) is 5.32 Å². The number of amides is 1. The molecule has 1 fully saturated rings. The number of nitrogens with one attached hydrogen (secondary N) is 1. The van der Waals surface area contributed by atoms with E-state index in [9.17, 15) is 4.79 Å². The number of hydrogen-bond donors (Lipinski definition) is 1. The molecule has 3 heteroatoms. The van der Waals surface area contributed by atoms with Crippen molar-refractivity contribution in [2.75, 3.05) is 6.54 Å². The van der Waals surface area contributed by atoms with Crippen LogP contribution in [-0.4, -0.2) is 35.5 Å². The third kappa shape index (κ3) is 3.75. The molecule has 0 radical (unpaired) electrons. The molecule has 9 heavy (non-hydrogen) atoms. The summed E-state index contributed by atoms with van der Waals surface area (Å²) < 4.78 is 0. The molecule has 1 aliphatic heterocycles. The van der Waals surface area contributed by atoms with Crippen LogP contribution in [0.2, 0.25) is 0 Å². The fraction of sp³-hybridized carbons (Fsp3) is 0.833. The fourth-order valence-electron chi connectivity index (χ4n) is 0.904. The number of carbonyl (C=O) groups excluding carboxylic acids is 1. The van der Waals surface area contributed by atoms with Crippen molar-refractivity contribution in [2.45, 2.75) is 25.7 Å². The largest absolute Gasteiger partial charge is 2.00 e. The first-order valence-electron chi connectivity index (χ1n) is 3.16. The molecule has 0 spiro atoms. The van der Waals surface area contributed by atoms with E-state index in [2.05, 4.69) is 5.32 Å². The summed E-state index contributed by atoms with van der Waals surface area (Å²) in [5.41, 5.74) is 0. The standard InChI is InChI=1S/C6H11NO.Mg.2H/c8-6-4-2-1-3-5-7-6;;;/h1-5H2,(H,7,8);;;/q;+2;2*-1. The molecule has 2 nitrogen and oxygen atoms in total. The van der Waals surface area contributed by atoms with Crippen LogP contribution in [0.1, 0.15) is 28.5 Å². The van der Waals surface area contributed by atoms with Crippen molar-refractivity contribution in [3.05, 3.63) is 0 Å². The van der Waals surface area contributed by atoms with E-state index < -0.39 is 0 Å². The molecule has 50 valence electrons. The average molecular weight is 139 g/mol. The van der Waals surface area contributed by atoms with Crippen LogP contribution < -0.4 is 5.32 Å². The molecule has 1 N–H and O–H groups in total. The first-order valence-corrected chi connectivity index (χ1v) is 3.16. The summed E-state index contributed by atoms with van der Waals surface area (Å²) in [5, 5.41) is 2.81. The second-order valence-electron chi connectivity index (χ2n) is 2.16. The number of rotatable bonds is 0. The van der Waals surface area contributed by atoms with E-state index in [1.807, 2.05) is 0 Å². The second-order valence-corrected chi connectivity index (χ2v) is 2.16. The van der Waals surface area contributed by atoms with E-state index in [1.54, 1.807) is 0 Å². The van der Waals surface area contributed by atoms with Crippen LogP contribution in [0.3, 0.4) is 0 Å². The Morgan fingerprint density at radius 1 is 1.33 bits per heavy atom. The van der Waals surface area contributed by atoms with Crippen molar-refractivity contribution in [1.29, 1.82) is 0 Å². The zero-order chi connectivity index (χ0) is 5.82. The van der Waals surface area contributed by atoms with Crippen LogP contribution in [0, 0.1) is 0 Å². The Labute approximate surface area is 74.5 Å². The van der Waals surface area contributed by atoms with Gasteiger partial charge in [-0.25, -0.2) is 0 Å². The molecule has 0 bridgehead atoms. The van der Waals surface area contributed by atoms with E-state index in [4.69, 9.17) is 0 Å². The third-order valence-electron chi connectivity index (χ3n) is 1.40. The quantitative estimate of drug-likeness (QED) is 0.487. The zero-order valence-electron chi connectivity index (χ0n) is 7.65. The monoisotopic (exact) mass is 139 g/mol. The summed E-state index contributed by atoms with van der Waals surface area (Å²) in [5.74, 6) is 0.225. The van der Waals surface area contributed by atoms with Gasteiger partial charge in [-0.2, -0.15) is 0 Å². The van der Waals surface area contributed by atoms with Crippen molar-refractivity contribution >= 4 is 29.0 Å². The number of carbonyl (C=O) groups is 1. The van der Waals surface area contributed by atoms with Crippen LogP contribution in [0.5, 0.6) is 0 Å². The predicted octanol–water partition coefficient (Wildman–Crippen LogP) is 0.521. The summed E-state index contributed by atoms with van der Waals surface area (Å²) in [4.78, 5) is 10.6. The topological polar surface area (TPSA) is 29.1 Å². The molecule has 1 amide bonds. The van der Waals surface area contributed by atoms with Crippen molar-refractivity contribution < 1.29 is 7.65 Å². The Morgan fingerprint density at radius 3 is 2.89 bits per heavy atom. The summed E-state index contributed by atoms with van der Waals surface area (Å²) in [7, 11) is 0. The van der Waals surface area contributed by atoms with Crippen molar-refractivity contribution in [3.63, 3.8) is 0 Å². The van der Waals surface area contributed by atoms with Gasteiger partial charge in [0.15, 0.2) is 0 Å². The summed E-state index contributed by atoms with van der Waals surface area (Å²) in [6.45, 7) is 0.888. The summed E-state index contributed by atoms with van der Waals surface area (Å²) in [6, 6.07) is 0. The van der Waals surface area contributed by atoms with Gasteiger partial charge in [0.1, 0.15) is 0 Å². The molecule has 0 aliphatic carbocycles. The van der Waals surface area contributed by atoms with Gasteiger partial charge in [0.25, 0.3) is 0 Å². The van der Waals surface area contributed by atoms with Crippen molar-refractivity contribution in [3.8, 4) is 0 Å². The molecule has 0 atom stereocenters. The van der Waals surface area contributed by atoms with Crippen LogP contribution in [0.4, 0.5) is 0 Å². The molecule has 1 aliphatic rings. The van der Waals surface area contributed by atoms with Crippen molar-refractivity contribution in [2.24, 2.45) is 0 Å². The van der Waals surface area contributed by atoms with Gasteiger partial charge < -0.3 is 8.17 Å². The normalized spacial score (nSPS) is 19.3. The second kappa shape index (κ2) is 5.06. The molecule has 0 aromatic carbocycles. The Bertz CT molecular complexity index is 92.6. The molecule has 0 saturated carbocycles. The Balaban J connectivity index is -0.000000213. The van der Waals surface area contributed by atoms with E-state index in [0.717, 1.165) is 25.8 Å². The minimum Gasteiger partial charge on any atom is -1.00 e. The van der Waals surface area contributed by atoms with Gasteiger partial charge in [0.05, 0.1) is 0 Å². The van der Waals surface area contributed by atoms with Gasteiger partial charge in [0.2, 0.25) is 5.91 Å². The van der Waals surface area contributed by atoms with E-state index in [-0.39, 0.29) is 31.8 Å². The molecule has 0 aromatic heterocycles. The third-order valence-corrected chi connectivity index (χ3v) is 1.40. The SMILES string of the molecule is O=C1CCCCCN1.[H-].[H-].[Mg+2]. The minimum atomic E-state index is 0. The zero-order valence-corrected chi connectivity index (χ0v) is 7.07. The van der Waals surface area contributed by atoms with E-state index >= 15 is 0 Å². The molecule has 1 saturated heterocycles. The van der Waals surface area contributed by atoms with Crippen LogP contribution in [0.25, 0.3) is 0 Å². The maximum atomic E-state index is 10.6. The average Bonchev–Trinajstić information content (AvgIpc) is 1.94. The Hall–Kier alpha value is 0.236. The predicted molar refractivity (Wildman–Crippen MR) is 39.5 cm³/mol. The van der Waals surface area contributed by atoms with Gasteiger partial charge in [-0.15, -0.1) is 0 Å². The first kappa shape index (κ1) is 9.24. The fourth-order valence-corrected chi connectivity index (χ4v) is 0.904. The van der Waals surface area contributed by atoms with Crippen LogP contribution in [-0.2, 0) is 4.79 Å². The van der Waals surface area contributed by atoms with E-state index in [1.165, 1.54) is 6.42 Å². The number of hydrogen-bond acceptors (Lipinski definition) is 1. The Morgan fingerprint density at radius 2 is 2.11 bits per heavy atom. The van der Waals surface area contributed by atoms with Gasteiger partial charge in [-0.05, 0) is 12.8 Å². The summed E-state index contributed by atoms with van der Waals surface area (Å²) >= 11 is 0. The maximum absolute atomic E-state index is 10.6. The van der Waals surface area contributed by atoms with Crippen LogP contribution >= 0.6 is 0 Å². The van der Waals surface area contributed by atoms with Gasteiger partial charge in [0, 0.05) is 13.0 Å². The first-order chi connectivity index (χ1) is 3.89. The van der Waals surface area contributed by atoms with Gasteiger partial charge in [-0.1, -0.05) is 6.42 Å². The van der Waals surface area contributed by atoms with Gasteiger partial charge >= 0.3 is 23.1 Å². The molecule has 0 aromatic rings. The van der Waals surface area contributed by atoms with Crippen LogP contribution in [0.15, 0.2) is 0 Å². The minimum absolute atomic E-state index is 0. The maximum Gasteiger partial charge on any atom is 2.00 e. The molecule has 1 rings (SSSR count). The Kier molecular flexibility index (Phi) is 5.19. The molecule has 0 unspecified atom stereocenters. The van der Waals surface area contributed by atoms with Gasteiger partial charge in [-0.3, -0.25) is 4.79 Å².